The average molecular weight is 464 g/mol. The molecule has 2 atom stereocenters. The van der Waals surface area contributed by atoms with E-state index in [2.05, 4.69) is 22.4 Å². The van der Waals surface area contributed by atoms with Crippen LogP contribution >= 0.6 is 0 Å². The SMILES string of the molecule is CCCC1(c2nnc(C)o2)CCC(NC(=O)c2cc3cc(C(C)C)cc(C(F)(F)F)c3o2)C1. The van der Waals surface area contributed by atoms with E-state index in [1.165, 1.54) is 6.07 Å². The van der Waals surface area contributed by atoms with Gasteiger partial charge in [-0.25, -0.2) is 0 Å². The van der Waals surface area contributed by atoms with Crippen LogP contribution in [-0.2, 0) is 11.6 Å². The molecule has 1 amide bonds. The lowest BCUT2D eigenvalue weighted by molar-refractivity contribution is -0.136. The van der Waals surface area contributed by atoms with E-state index >= 15 is 0 Å². The van der Waals surface area contributed by atoms with Crippen LogP contribution in [0.5, 0.6) is 0 Å². The highest BCUT2D eigenvalue weighted by molar-refractivity contribution is 5.97. The van der Waals surface area contributed by atoms with Gasteiger partial charge < -0.3 is 14.2 Å². The number of aromatic nitrogens is 2. The van der Waals surface area contributed by atoms with Gasteiger partial charge in [0.15, 0.2) is 5.76 Å². The van der Waals surface area contributed by atoms with Gasteiger partial charge in [-0.2, -0.15) is 13.2 Å². The number of nitrogens with zero attached hydrogens (tertiary/aromatic N) is 2. The molecule has 1 saturated carbocycles. The molecule has 4 rings (SSSR count). The van der Waals surface area contributed by atoms with Crippen molar-refractivity contribution in [1.29, 1.82) is 0 Å². The van der Waals surface area contributed by atoms with Crippen molar-refractivity contribution < 1.29 is 26.8 Å². The largest absolute Gasteiger partial charge is 0.450 e. The lowest BCUT2D eigenvalue weighted by Crippen LogP contribution is -2.35. The normalized spacial score (nSPS) is 21.3. The zero-order valence-electron chi connectivity index (χ0n) is 19.2. The minimum atomic E-state index is -4.58. The number of halogens is 3. The van der Waals surface area contributed by atoms with E-state index in [-0.39, 0.29) is 34.1 Å². The number of aryl methyl sites for hydroxylation is 1. The molecule has 0 saturated heterocycles. The maximum Gasteiger partial charge on any atom is 0.420 e. The average Bonchev–Trinajstić information content (AvgIpc) is 3.45. The number of benzene rings is 1. The Hall–Kier alpha value is -2.84. The van der Waals surface area contributed by atoms with Crippen LogP contribution in [0.25, 0.3) is 11.0 Å². The molecule has 1 aromatic carbocycles. The number of alkyl halides is 3. The standard InChI is InChI=1S/C24H28F3N3O3/c1-5-7-23(22-30-29-14(4)32-22)8-6-17(12-23)28-21(31)19-11-16-9-15(13(2)3)10-18(20(16)33-19)24(25,26)27/h9-11,13,17H,5-8,12H2,1-4H3,(H,28,31). The summed E-state index contributed by atoms with van der Waals surface area (Å²) in [6.07, 6.45) is -0.702. The van der Waals surface area contributed by atoms with Gasteiger partial charge in [-0.05, 0) is 55.4 Å². The number of carbonyl (C=O) groups is 1. The van der Waals surface area contributed by atoms with Gasteiger partial charge in [0.05, 0.1) is 11.0 Å². The minimum absolute atomic E-state index is 0.0961. The van der Waals surface area contributed by atoms with Gasteiger partial charge in [-0.3, -0.25) is 4.79 Å². The van der Waals surface area contributed by atoms with Crippen molar-refractivity contribution in [2.45, 2.75) is 83.4 Å². The van der Waals surface area contributed by atoms with Crippen molar-refractivity contribution >= 4 is 16.9 Å². The smallest absolute Gasteiger partial charge is 0.420 e. The Morgan fingerprint density at radius 3 is 2.61 bits per heavy atom. The number of carbonyl (C=O) groups excluding carboxylic acids is 1. The van der Waals surface area contributed by atoms with Crippen molar-refractivity contribution in [2.75, 3.05) is 0 Å². The first kappa shape index (κ1) is 23.3. The molecule has 1 fully saturated rings. The molecule has 1 aliphatic carbocycles. The quantitative estimate of drug-likeness (QED) is 0.465. The summed E-state index contributed by atoms with van der Waals surface area (Å²) in [4.78, 5) is 12.9. The topological polar surface area (TPSA) is 81.2 Å². The van der Waals surface area contributed by atoms with Gasteiger partial charge in [0.25, 0.3) is 5.91 Å². The molecule has 1 N–H and O–H groups in total. The van der Waals surface area contributed by atoms with E-state index in [0.29, 0.717) is 30.2 Å². The third-order valence-corrected chi connectivity index (χ3v) is 6.49. The zero-order chi connectivity index (χ0) is 24.0. The monoisotopic (exact) mass is 463 g/mol. The summed E-state index contributed by atoms with van der Waals surface area (Å²) < 4.78 is 52.1. The molecule has 1 aliphatic rings. The molecule has 9 heteroatoms. The number of hydrogen-bond acceptors (Lipinski definition) is 5. The highest BCUT2D eigenvalue weighted by Crippen LogP contribution is 2.44. The highest BCUT2D eigenvalue weighted by Gasteiger charge is 2.44. The minimum Gasteiger partial charge on any atom is -0.450 e. The molecule has 3 aromatic rings. The number of amides is 1. The van der Waals surface area contributed by atoms with Crippen LogP contribution in [0.3, 0.4) is 0 Å². The Kier molecular flexibility index (Phi) is 6.01. The number of fused-ring (bicyclic) bond motifs is 1. The first-order chi connectivity index (χ1) is 15.5. The van der Waals surface area contributed by atoms with Crippen LogP contribution < -0.4 is 5.32 Å². The maximum atomic E-state index is 13.6. The van der Waals surface area contributed by atoms with Crippen LogP contribution in [-0.4, -0.2) is 22.1 Å². The summed E-state index contributed by atoms with van der Waals surface area (Å²) in [6.45, 7) is 7.46. The number of hydrogen-bond donors (Lipinski definition) is 1. The van der Waals surface area contributed by atoms with E-state index in [9.17, 15) is 18.0 Å². The summed E-state index contributed by atoms with van der Waals surface area (Å²) in [6, 6.07) is 3.97. The van der Waals surface area contributed by atoms with Gasteiger partial charge in [0, 0.05) is 18.4 Å². The Balaban J connectivity index is 1.58. The van der Waals surface area contributed by atoms with Crippen molar-refractivity contribution in [2.24, 2.45) is 0 Å². The van der Waals surface area contributed by atoms with Crippen LogP contribution in [0.2, 0.25) is 0 Å². The molecular weight excluding hydrogens is 435 g/mol. The van der Waals surface area contributed by atoms with Crippen molar-refractivity contribution in [3.8, 4) is 0 Å². The van der Waals surface area contributed by atoms with Gasteiger partial charge in [-0.1, -0.05) is 27.2 Å². The Morgan fingerprint density at radius 2 is 2.00 bits per heavy atom. The first-order valence-electron chi connectivity index (χ1n) is 11.3. The second-order valence-electron chi connectivity index (χ2n) is 9.32. The van der Waals surface area contributed by atoms with E-state index in [0.717, 1.165) is 25.3 Å². The van der Waals surface area contributed by atoms with Gasteiger partial charge in [0.2, 0.25) is 11.8 Å². The van der Waals surface area contributed by atoms with Crippen LogP contribution in [0.15, 0.2) is 27.0 Å². The molecule has 2 heterocycles. The fraction of sp³-hybridized carbons (Fsp3) is 0.542. The zero-order valence-corrected chi connectivity index (χ0v) is 19.2. The Morgan fingerprint density at radius 1 is 1.24 bits per heavy atom. The number of nitrogens with one attached hydrogen (secondary N) is 1. The van der Waals surface area contributed by atoms with Crippen LogP contribution in [0.4, 0.5) is 13.2 Å². The van der Waals surface area contributed by atoms with Crippen molar-refractivity contribution in [1.82, 2.24) is 15.5 Å². The molecule has 0 radical (unpaired) electrons. The highest BCUT2D eigenvalue weighted by atomic mass is 19.4. The third-order valence-electron chi connectivity index (χ3n) is 6.49. The van der Waals surface area contributed by atoms with Crippen LogP contribution in [0, 0.1) is 6.92 Å². The molecule has 178 valence electrons. The van der Waals surface area contributed by atoms with Gasteiger partial charge in [0.1, 0.15) is 5.58 Å². The second-order valence-corrected chi connectivity index (χ2v) is 9.32. The lowest BCUT2D eigenvalue weighted by atomic mass is 9.81. The summed E-state index contributed by atoms with van der Waals surface area (Å²) in [5.74, 6) is 0.332. The number of rotatable bonds is 6. The van der Waals surface area contributed by atoms with Crippen molar-refractivity contribution in [3.63, 3.8) is 0 Å². The van der Waals surface area contributed by atoms with E-state index in [1.807, 2.05) is 13.8 Å². The molecule has 2 unspecified atom stereocenters. The van der Waals surface area contributed by atoms with Gasteiger partial charge in [-0.15, -0.1) is 10.2 Å². The molecule has 0 bridgehead atoms. The summed E-state index contributed by atoms with van der Waals surface area (Å²) in [7, 11) is 0. The fourth-order valence-corrected chi connectivity index (χ4v) is 4.86. The molecule has 6 nitrogen and oxygen atoms in total. The lowest BCUT2D eigenvalue weighted by Gasteiger charge is -2.24. The second kappa shape index (κ2) is 8.50. The molecule has 0 spiro atoms. The number of furan rings is 1. The molecule has 0 aliphatic heterocycles. The Bertz CT molecular complexity index is 1160. The van der Waals surface area contributed by atoms with E-state index in [4.69, 9.17) is 8.83 Å². The van der Waals surface area contributed by atoms with Gasteiger partial charge >= 0.3 is 6.18 Å². The maximum absolute atomic E-state index is 13.6. The van der Waals surface area contributed by atoms with Crippen LogP contribution in [0.1, 0.15) is 92.3 Å². The Labute approximate surface area is 189 Å². The summed E-state index contributed by atoms with van der Waals surface area (Å²) in [5, 5.41) is 11.4. The fourth-order valence-electron chi connectivity index (χ4n) is 4.86. The van der Waals surface area contributed by atoms with E-state index < -0.39 is 17.6 Å². The molecule has 2 aromatic heterocycles. The van der Waals surface area contributed by atoms with E-state index in [1.54, 1.807) is 13.0 Å². The van der Waals surface area contributed by atoms with Crippen molar-refractivity contribution in [3.05, 3.63) is 46.9 Å². The first-order valence-corrected chi connectivity index (χ1v) is 11.3. The predicted octanol–water partition coefficient (Wildman–Crippen LogP) is 6.29. The molecular formula is C24H28F3N3O3. The predicted molar refractivity (Wildman–Crippen MR) is 116 cm³/mol. The summed E-state index contributed by atoms with van der Waals surface area (Å²) in [5.41, 5.74) is -0.947. The third kappa shape index (κ3) is 4.50. The molecule has 33 heavy (non-hydrogen) atoms. The summed E-state index contributed by atoms with van der Waals surface area (Å²) >= 11 is 0.